The molecular weight excluding hydrogens is 241 g/mol. The highest BCUT2D eigenvalue weighted by atomic mass is 19.1. The Balaban J connectivity index is 2.83. The topological polar surface area (TPSA) is 106 Å². The fourth-order valence-corrected chi connectivity index (χ4v) is 1.32. The number of carbonyl (C=O) groups excluding carboxylic acids is 2. The van der Waals surface area contributed by atoms with Crippen LogP contribution >= 0.6 is 0 Å². The van der Waals surface area contributed by atoms with Crippen molar-refractivity contribution in [3.63, 3.8) is 0 Å². The lowest BCUT2D eigenvalue weighted by molar-refractivity contribution is -0.123. The molecule has 1 aromatic carbocycles. The van der Waals surface area contributed by atoms with Crippen molar-refractivity contribution in [3.8, 4) is 0 Å². The number of carbonyl (C=O) groups is 2. The predicted octanol–water partition coefficient (Wildman–Crippen LogP) is 0.702. The van der Waals surface area contributed by atoms with Gasteiger partial charge in [-0.05, 0) is 17.7 Å². The predicted molar refractivity (Wildman–Crippen MR) is 59.3 cm³/mol. The molecule has 1 unspecified atom stereocenters. The lowest BCUT2D eigenvalue weighted by Crippen LogP contribution is -2.32. The van der Waals surface area contributed by atoms with Crippen LogP contribution in [-0.2, 0) is 16.0 Å². The normalized spacial score (nSPS) is 11.2. The van der Waals surface area contributed by atoms with E-state index in [1.54, 1.807) is 0 Å². The number of ether oxygens (including phenoxy) is 1. The molecule has 6 nitrogen and oxygen atoms in total. The van der Waals surface area contributed by atoms with Crippen LogP contribution in [0.2, 0.25) is 0 Å². The van der Waals surface area contributed by atoms with Crippen molar-refractivity contribution in [2.75, 3.05) is 0 Å². The van der Waals surface area contributed by atoms with E-state index >= 15 is 0 Å². The van der Waals surface area contributed by atoms with Crippen molar-refractivity contribution < 1.29 is 23.5 Å². The maximum Gasteiger partial charge on any atom is 0.405 e. The molecule has 0 radical (unpaired) electrons. The number of hydrogen-bond donors (Lipinski definition) is 1. The van der Waals surface area contributed by atoms with Gasteiger partial charge in [-0.3, -0.25) is 4.79 Å². The standard InChI is InChI=1S/C11H10FN3O3/c12-8-3-1-7(2-4-8)5-10(18-11(13)17)9(16)6-15-14/h1-4,6,10H,5H2,(H2,13,17). The lowest BCUT2D eigenvalue weighted by Gasteiger charge is -2.11. The minimum Gasteiger partial charge on any atom is -0.437 e. The third-order valence-electron chi connectivity index (χ3n) is 2.10. The Bertz CT molecular complexity index is 495. The van der Waals surface area contributed by atoms with Gasteiger partial charge in [0.25, 0.3) is 5.78 Å². The number of nitrogens with zero attached hydrogens (tertiary/aromatic N) is 2. The van der Waals surface area contributed by atoms with Gasteiger partial charge in [-0.25, -0.2) is 9.18 Å². The summed E-state index contributed by atoms with van der Waals surface area (Å²) in [6, 6.07) is 5.30. The summed E-state index contributed by atoms with van der Waals surface area (Å²) in [7, 11) is 0. The van der Waals surface area contributed by atoms with Gasteiger partial charge < -0.3 is 16.0 Å². The Morgan fingerprint density at radius 2 is 2.06 bits per heavy atom. The van der Waals surface area contributed by atoms with Gasteiger partial charge in [-0.1, -0.05) is 12.1 Å². The molecule has 0 spiro atoms. The molecular formula is C11H10FN3O3. The second kappa shape index (κ2) is 6.27. The van der Waals surface area contributed by atoms with Crippen LogP contribution in [-0.4, -0.2) is 29.0 Å². The van der Waals surface area contributed by atoms with Gasteiger partial charge in [0, 0.05) is 6.42 Å². The third kappa shape index (κ3) is 4.15. The number of hydrogen-bond acceptors (Lipinski definition) is 3. The number of amides is 1. The molecule has 0 aliphatic rings. The van der Waals surface area contributed by atoms with E-state index in [0.29, 0.717) is 11.8 Å². The second-order valence-electron chi connectivity index (χ2n) is 3.40. The van der Waals surface area contributed by atoms with Crippen molar-refractivity contribution in [2.45, 2.75) is 12.5 Å². The summed E-state index contributed by atoms with van der Waals surface area (Å²) in [4.78, 5) is 24.6. The Morgan fingerprint density at radius 3 is 2.56 bits per heavy atom. The Labute approximate surface area is 102 Å². The van der Waals surface area contributed by atoms with E-state index in [2.05, 4.69) is 9.53 Å². The van der Waals surface area contributed by atoms with Crippen LogP contribution < -0.4 is 5.73 Å². The summed E-state index contributed by atoms with van der Waals surface area (Å²) in [6.45, 7) is 0. The Kier molecular flexibility index (Phi) is 4.71. The van der Waals surface area contributed by atoms with Gasteiger partial charge in [0.05, 0.1) is 0 Å². The summed E-state index contributed by atoms with van der Waals surface area (Å²) in [6.07, 6.45) is -1.71. The third-order valence-corrected chi connectivity index (χ3v) is 2.10. The summed E-state index contributed by atoms with van der Waals surface area (Å²) in [5.74, 6) is -1.14. The smallest absolute Gasteiger partial charge is 0.405 e. The van der Waals surface area contributed by atoms with Crippen LogP contribution in [0.5, 0.6) is 0 Å². The van der Waals surface area contributed by atoms with E-state index in [0.717, 1.165) is 0 Å². The number of benzene rings is 1. The van der Waals surface area contributed by atoms with Crippen LogP contribution in [0.3, 0.4) is 0 Å². The largest absolute Gasteiger partial charge is 0.437 e. The maximum atomic E-state index is 12.7. The Morgan fingerprint density at radius 1 is 1.44 bits per heavy atom. The maximum absolute atomic E-state index is 12.7. The Hall–Kier alpha value is -2.53. The van der Waals surface area contributed by atoms with Crippen LogP contribution in [0, 0.1) is 5.82 Å². The van der Waals surface area contributed by atoms with Gasteiger partial charge in [-0.2, -0.15) is 4.79 Å². The highest BCUT2D eigenvalue weighted by Gasteiger charge is 2.23. The molecule has 0 aliphatic heterocycles. The summed E-state index contributed by atoms with van der Waals surface area (Å²) < 4.78 is 17.3. The zero-order chi connectivity index (χ0) is 13.5. The number of ketones is 1. The van der Waals surface area contributed by atoms with Gasteiger partial charge >= 0.3 is 12.3 Å². The van der Waals surface area contributed by atoms with E-state index in [-0.39, 0.29) is 6.42 Å². The number of halogens is 1. The number of primary amides is 1. The van der Waals surface area contributed by atoms with Crippen molar-refractivity contribution in [1.29, 1.82) is 0 Å². The number of rotatable bonds is 5. The van der Waals surface area contributed by atoms with Gasteiger partial charge in [-0.15, -0.1) is 0 Å². The molecule has 0 saturated carbocycles. The molecule has 0 fully saturated rings. The van der Waals surface area contributed by atoms with E-state index in [1.165, 1.54) is 24.3 Å². The fraction of sp³-hybridized carbons (Fsp3) is 0.182. The van der Waals surface area contributed by atoms with Crippen LogP contribution in [0.4, 0.5) is 9.18 Å². The van der Waals surface area contributed by atoms with Crippen molar-refractivity contribution in [2.24, 2.45) is 5.73 Å². The average molecular weight is 251 g/mol. The first-order valence-corrected chi connectivity index (χ1v) is 4.94. The molecule has 0 aromatic heterocycles. The lowest BCUT2D eigenvalue weighted by atomic mass is 10.1. The van der Waals surface area contributed by atoms with E-state index in [9.17, 15) is 14.0 Å². The first kappa shape index (κ1) is 13.5. The number of nitrogens with two attached hydrogens (primary N) is 1. The van der Waals surface area contributed by atoms with Crippen LogP contribution in [0.25, 0.3) is 5.53 Å². The molecule has 18 heavy (non-hydrogen) atoms. The van der Waals surface area contributed by atoms with E-state index in [4.69, 9.17) is 11.3 Å². The molecule has 1 atom stereocenters. The van der Waals surface area contributed by atoms with Crippen molar-refractivity contribution in [1.82, 2.24) is 0 Å². The van der Waals surface area contributed by atoms with Gasteiger partial charge in [0.1, 0.15) is 5.82 Å². The fourth-order valence-electron chi connectivity index (χ4n) is 1.32. The van der Waals surface area contributed by atoms with Gasteiger partial charge in [0.15, 0.2) is 6.10 Å². The zero-order valence-electron chi connectivity index (χ0n) is 9.25. The summed E-state index contributed by atoms with van der Waals surface area (Å²) in [5.41, 5.74) is 13.6. The monoisotopic (exact) mass is 251 g/mol. The molecule has 2 N–H and O–H groups in total. The molecule has 1 rings (SSSR count). The highest BCUT2D eigenvalue weighted by Crippen LogP contribution is 2.08. The molecule has 1 aromatic rings. The molecule has 0 bridgehead atoms. The molecule has 1 amide bonds. The van der Waals surface area contributed by atoms with E-state index in [1.807, 2.05) is 0 Å². The first-order valence-electron chi connectivity index (χ1n) is 4.94. The highest BCUT2D eigenvalue weighted by molar-refractivity contribution is 6.27. The molecule has 7 heteroatoms. The molecule has 0 aliphatic carbocycles. The quantitative estimate of drug-likeness (QED) is 0.473. The minimum atomic E-state index is -1.20. The van der Waals surface area contributed by atoms with Gasteiger partial charge in [0.2, 0.25) is 0 Å². The van der Waals surface area contributed by atoms with E-state index < -0.39 is 23.8 Å². The average Bonchev–Trinajstić information content (AvgIpc) is 2.31. The first-order chi connectivity index (χ1) is 8.52. The second-order valence-corrected chi connectivity index (χ2v) is 3.40. The molecule has 0 saturated heterocycles. The van der Waals surface area contributed by atoms with Crippen molar-refractivity contribution >= 4 is 18.1 Å². The van der Waals surface area contributed by atoms with Crippen molar-refractivity contribution in [3.05, 3.63) is 41.2 Å². The SMILES string of the molecule is [N-]=[N+]=CC(=O)C(Cc1ccc(F)cc1)OC(N)=O. The molecule has 94 valence electrons. The van der Waals surface area contributed by atoms with Crippen LogP contribution in [0.1, 0.15) is 5.56 Å². The summed E-state index contributed by atoms with van der Waals surface area (Å²) >= 11 is 0. The van der Waals surface area contributed by atoms with Crippen LogP contribution in [0.15, 0.2) is 24.3 Å². The number of Topliss-reactive ketones (excluding diaryl/α,β-unsaturated/α-hetero) is 1. The summed E-state index contributed by atoms with van der Waals surface area (Å²) in [5, 5.41) is 0. The minimum absolute atomic E-state index is 0.00801. The zero-order valence-corrected chi connectivity index (χ0v) is 9.25. The molecule has 0 heterocycles.